The summed E-state index contributed by atoms with van der Waals surface area (Å²) in [6.07, 6.45) is 2.43. The lowest BCUT2D eigenvalue weighted by Gasteiger charge is -2.29. The summed E-state index contributed by atoms with van der Waals surface area (Å²) in [6, 6.07) is 4.97. The van der Waals surface area contributed by atoms with Crippen molar-refractivity contribution < 1.29 is 19.2 Å². The molecule has 0 spiro atoms. The molecule has 0 bridgehead atoms. The van der Waals surface area contributed by atoms with Crippen molar-refractivity contribution in [3.63, 3.8) is 0 Å². The van der Waals surface area contributed by atoms with Crippen molar-refractivity contribution in [2.45, 2.75) is 51.4 Å². The monoisotopic (exact) mass is 394 g/mol. The SMILES string of the molecule is CCCCOC(=O)[C@H]1CS[C@@H](CC(C)C)N1C(=O)c1cccc([N+](=O)[O-])c1. The van der Waals surface area contributed by atoms with Crippen LogP contribution in [0, 0.1) is 16.0 Å². The van der Waals surface area contributed by atoms with Gasteiger partial charge < -0.3 is 9.64 Å². The Balaban J connectivity index is 2.26. The van der Waals surface area contributed by atoms with Gasteiger partial charge in [-0.05, 0) is 24.8 Å². The van der Waals surface area contributed by atoms with E-state index in [9.17, 15) is 19.7 Å². The number of esters is 1. The van der Waals surface area contributed by atoms with Gasteiger partial charge in [-0.15, -0.1) is 11.8 Å². The van der Waals surface area contributed by atoms with Crippen molar-refractivity contribution >= 4 is 29.3 Å². The summed E-state index contributed by atoms with van der Waals surface area (Å²) in [5, 5.41) is 10.9. The third-order valence-corrected chi connectivity index (χ3v) is 5.63. The van der Waals surface area contributed by atoms with Crippen molar-refractivity contribution in [1.29, 1.82) is 0 Å². The summed E-state index contributed by atoms with van der Waals surface area (Å²) in [5.74, 6) is 0.0498. The number of hydrogen-bond donors (Lipinski definition) is 0. The van der Waals surface area contributed by atoms with E-state index >= 15 is 0 Å². The zero-order valence-corrected chi connectivity index (χ0v) is 16.7. The summed E-state index contributed by atoms with van der Waals surface area (Å²) in [7, 11) is 0. The number of rotatable bonds is 8. The highest BCUT2D eigenvalue weighted by molar-refractivity contribution is 8.00. The van der Waals surface area contributed by atoms with Crippen LogP contribution >= 0.6 is 11.8 Å². The fraction of sp³-hybridized carbons (Fsp3) is 0.579. The van der Waals surface area contributed by atoms with Crippen molar-refractivity contribution in [1.82, 2.24) is 4.90 Å². The van der Waals surface area contributed by atoms with Crippen molar-refractivity contribution in [3.05, 3.63) is 39.9 Å². The van der Waals surface area contributed by atoms with Gasteiger partial charge in [-0.3, -0.25) is 14.9 Å². The molecule has 7 nitrogen and oxygen atoms in total. The van der Waals surface area contributed by atoms with E-state index in [0.717, 1.165) is 19.3 Å². The van der Waals surface area contributed by atoms with E-state index in [2.05, 4.69) is 13.8 Å². The van der Waals surface area contributed by atoms with Crippen LogP contribution in [0.4, 0.5) is 5.69 Å². The minimum atomic E-state index is -0.664. The number of amides is 1. The molecule has 2 rings (SSSR count). The molecule has 1 heterocycles. The van der Waals surface area contributed by atoms with E-state index in [0.29, 0.717) is 18.3 Å². The van der Waals surface area contributed by atoms with E-state index < -0.39 is 16.9 Å². The van der Waals surface area contributed by atoms with Gasteiger partial charge >= 0.3 is 5.97 Å². The smallest absolute Gasteiger partial charge is 0.329 e. The molecule has 1 aliphatic rings. The second-order valence-corrected chi connectivity index (χ2v) is 8.19. The van der Waals surface area contributed by atoms with Gasteiger partial charge in [0.05, 0.1) is 16.9 Å². The predicted molar refractivity (Wildman–Crippen MR) is 105 cm³/mol. The molecule has 27 heavy (non-hydrogen) atoms. The van der Waals surface area contributed by atoms with Gasteiger partial charge in [0, 0.05) is 23.4 Å². The van der Waals surface area contributed by atoms with Gasteiger partial charge in [-0.1, -0.05) is 33.3 Å². The van der Waals surface area contributed by atoms with Gasteiger partial charge in [-0.25, -0.2) is 4.79 Å². The van der Waals surface area contributed by atoms with Crippen LogP contribution in [-0.4, -0.2) is 45.5 Å². The van der Waals surface area contributed by atoms with E-state index in [1.165, 1.54) is 18.2 Å². The quantitative estimate of drug-likeness (QED) is 0.288. The highest BCUT2D eigenvalue weighted by Gasteiger charge is 2.43. The Morgan fingerprint density at radius 3 is 2.78 bits per heavy atom. The molecule has 2 atom stereocenters. The first-order valence-corrected chi connectivity index (χ1v) is 10.2. The van der Waals surface area contributed by atoms with Gasteiger partial charge in [0.1, 0.15) is 6.04 Å². The van der Waals surface area contributed by atoms with Crippen molar-refractivity contribution in [2.24, 2.45) is 5.92 Å². The summed E-state index contributed by atoms with van der Waals surface area (Å²) < 4.78 is 5.34. The molecule has 1 aromatic carbocycles. The van der Waals surface area contributed by atoms with Crippen molar-refractivity contribution in [2.75, 3.05) is 12.4 Å². The largest absolute Gasteiger partial charge is 0.464 e. The van der Waals surface area contributed by atoms with Gasteiger partial charge in [0.15, 0.2) is 0 Å². The maximum atomic E-state index is 13.1. The first kappa shape index (κ1) is 21.2. The number of carbonyl (C=O) groups is 2. The Hall–Kier alpha value is -2.09. The molecule has 0 aromatic heterocycles. The first-order chi connectivity index (χ1) is 12.8. The fourth-order valence-corrected chi connectivity index (χ4v) is 4.54. The normalized spacial score (nSPS) is 19.3. The molecule has 1 amide bonds. The van der Waals surface area contributed by atoms with Crippen LogP contribution in [-0.2, 0) is 9.53 Å². The molecular weight excluding hydrogens is 368 g/mol. The summed E-state index contributed by atoms with van der Waals surface area (Å²) in [4.78, 5) is 37.7. The Morgan fingerprint density at radius 1 is 1.41 bits per heavy atom. The van der Waals surface area contributed by atoms with E-state index in [-0.39, 0.29) is 22.5 Å². The molecule has 1 aliphatic heterocycles. The number of thioether (sulfide) groups is 1. The van der Waals surface area contributed by atoms with Crippen LogP contribution in [0.3, 0.4) is 0 Å². The summed E-state index contributed by atoms with van der Waals surface area (Å²) in [5.41, 5.74) is 0.0713. The lowest BCUT2D eigenvalue weighted by atomic mass is 10.1. The lowest BCUT2D eigenvalue weighted by molar-refractivity contribution is -0.384. The lowest BCUT2D eigenvalue weighted by Crippen LogP contribution is -2.46. The maximum absolute atomic E-state index is 13.1. The number of hydrogen-bond acceptors (Lipinski definition) is 6. The van der Waals surface area contributed by atoms with Crippen LogP contribution in [0.5, 0.6) is 0 Å². The Morgan fingerprint density at radius 2 is 2.15 bits per heavy atom. The highest BCUT2D eigenvalue weighted by atomic mass is 32.2. The number of carbonyl (C=O) groups excluding carboxylic acids is 2. The molecule has 1 fully saturated rings. The Labute approximate surface area is 163 Å². The zero-order chi connectivity index (χ0) is 20.0. The molecule has 0 saturated carbocycles. The first-order valence-electron chi connectivity index (χ1n) is 9.20. The van der Waals surface area contributed by atoms with Gasteiger partial charge in [0.2, 0.25) is 0 Å². The number of benzene rings is 1. The number of non-ortho nitro benzene ring substituents is 1. The molecule has 0 N–H and O–H groups in total. The van der Waals surface area contributed by atoms with Crippen LogP contribution in [0.15, 0.2) is 24.3 Å². The van der Waals surface area contributed by atoms with Crippen LogP contribution < -0.4 is 0 Å². The molecular formula is C19H26N2O5S. The average molecular weight is 394 g/mol. The second kappa shape index (κ2) is 9.73. The average Bonchev–Trinajstić information content (AvgIpc) is 3.04. The van der Waals surface area contributed by atoms with E-state index in [1.54, 1.807) is 22.7 Å². The molecule has 0 aliphatic carbocycles. The number of unbranched alkanes of at least 4 members (excludes halogenated alkanes) is 1. The maximum Gasteiger partial charge on any atom is 0.329 e. The number of nitro groups is 1. The molecule has 8 heteroatoms. The third-order valence-electron chi connectivity index (χ3n) is 4.32. The highest BCUT2D eigenvalue weighted by Crippen LogP contribution is 2.35. The third kappa shape index (κ3) is 5.45. The molecule has 1 saturated heterocycles. The van der Waals surface area contributed by atoms with Crippen LogP contribution in [0.1, 0.15) is 50.4 Å². The van der Waals surface area contributed by atoms with Gasteiger partial charge in [-0.2, -0.15) is 0 Å². The van der Waals surface area contributed by atoms with Crippen LogP contribution in [0.2, 0.25) is 0 Å². The molecule has 148 valence electrons. The van der Waals surface area contributed by atoms with Gasteiger partial charge in [0.25, 0.3) is 11.6 Å². The fourth-order valence-electron chi connectivity index (χ4n) is 2.92. The van der Waals surface area contributed by atoms with Crippen molar-refractivity contribution in [3.8, 4) is 0 Å². The zero-order valence-electron chi connectivity index (χ0n) is 15.9. The number of nitrogens with zero attached hydrogens (tertiary/aromatic N) is 2. The molecule has 1 aromatic rings. The number of nitro benzene ring substituents is 1. The Bertz CT molecular complexity index is 694. The molecule has 0 unspecified atom stereocenters. The Kier molecular flexibility index (Phi) is 7.65. The minimum absolute atomic E-state index is 0.143. The van der Waals surface area contributed by atoms with E-state index in [1.807, 2.05) is 6.92 Å². The number of ether oxygens (including phenoxy) is 1. The standard InChI is InChI=1S/C19H26N2O5S/c1-4-5-9-26-19(23)16-12-27-17(10-13(2)3)20(16)18(22)14-7-6-8-15(11-14)21(24)25/h6-8,11,13,16-17H,4-5,9-10,12H2,1-3H3/t16-,17+/m1/s1. The minimum Gasteiger partial charge on any atom is -0.464 e. The second-order valence-electron chi connectivity index (χ2n) is 6.97. The molecule has 0 radical (unpaired) electrons. The van der Waals surface area contributed by atoms with E-state index in [4.69, 9.17) is 4.74 Å². The topological polar surface area (TPSA) is 89.8 Å². The predicted octanol–water partition coefficient (Wildman–Crippen LogP) is 3.87. The van der Waals surface area contributed by atoms with Crippen LogP contribution in [0.25, 0.3) is 0 Å². The summed E-state index contributed by atoms with van der Waals surface area (Å²) >= 11 is 1.56. The summed E-state index contributed by atoms with van der Waals surface area (Å²) in [6.45, 7) is 6.47.